The Morgan fingerprint density at radius 3 is 1.79 bits per heavy atom. The van der Waals surface area contributed by atoms with Gasteiger partial charge in [-0.05, 0) is 89.6 Å². The minimum Gasteiger partial charge on any atom is -0.311 e. The second-order valence-corrected chi connectivity index (χ2v) is 12.9. The van der Waals surface area contributed by atoms with E-state index >= 15 is 0 Å². The molecule has 0 spiro atoms. The molecular formula is C39H37BN2. The van der Waals surface area contributed by atoms with Crippen molar-refractivity contribution in [3.05, 3.63) is 124 Å². The zero-order valence-corrected chi connectivity index (χ0v) is 25.5. The van der Waals surface area contributed by atoms with Crippen LogP contribution in [0.5, 0.6) is 0 Å². The fraction of sp³-hybridized carbons (Fsp3) is 0.231. The number of hydrogen-bond acceptors (Lipinski definition) is 2. The first-order valence-electron chi connectivity index (χ1n) is 15.5. The van der Waals surface area contributed by atoms with Gasteiger partial charge in [-0.15, -0.1) is 0 Å². The zero-order valence-electron chi connectivity index (χ0n) is 25.5. The summed E-state index contributed by atoms with van der Waals surface area (Å²) < 4.78 is 0. The Hall–Kier alpha value is -4.24. The molecule has 0 amide bonds. The van der Waals surface area contributed by atoms with Crippen LogP contribution in [0.3, 0.4) is 0 Å². The van der Waals surface area contributed by atoms with Crippen LogP contribution in [0.25, 0.3) is 0 Å². The number of benzene rings is 5. The van der Waals surface area contributed by atoms with E-state index in [4.69, 9.17) is 0 Å². The molecule has 3 aliphatic heterocycles. The third-order valence-corrected chi connectivity index (χ3v) is 10.1. The highest BCUT2D eigenvalue weighted by Crippen LogP contribution is 2.55. The third-order valence-electron chi connectivity index (χ3n) is 10.1. The number of hydrogen-bond donors (Lipinski definition) is 0. The van der Waals surface area contributed by atoms with E-state index in [-0.39, 0.29) is 12.1 Å². The standard InChI is InChI=1S/C39H37BN2/c1-7-26-13-9-11-15-32(26)41-34-19-17-24(3)21-30(34)40-31-22-25(4)18-20-35(31)42-33-16-12-10-14-28(33)39(5,6)29-23-27(8-2)37(41)36(40)38(29)42/h9-23H,7-8H2,1-6H3. The van der Waals surface area contributed by atoms with Crippen molar-refractivity contribution in [1.29, 1.82) is 0 Å². The molecule has 0 aliphatic carbocycles. The van der Waals surface area contributed by atoms with Gasteiger partial charge in [0.1, 0.15) is 0 Å². The molecule has 0 saturated heterocycles. The summed E-state index contributed by atoms with van der Waals surface area (Å²) in [7, 11) is 0. The van der Waals surface area contributed by atoms with Crippen LogP contribution in [0.2, 0.25) is 0 Å². The summed E-state index contributed by atoms with van der Waals surface area (Å²) in [5, 5.41) is 0. The predicted octanol–water partition coefficient (Wildman–Crippen LogP) is 8.15. The van der Waals surface area contributed by atoms with Crippen LogP contribution in [-0.2, 0) is 18.3 Å². The van der Waals surface area contributed by atoms with E-state index < -0.39 is 0 Å². The summed E-state index contributed by atoms with van der Waals surface area (Å²) in [6.45, 7) is 14.1. The topological polar surface area (TPSA) is 6.48 Å². The number of rotatable bonds is 3. The molecular weight excluding hydrogens is 507 g/mol. The Kier molecular flexibility index (Phi) is 5.39. The van der Waals surface area contributed by atoms with Crippen molar-refractivity contribution in [2.24, 2.45) is 0 Å². The quantitative estimate of drug-likeness (QED) is 0.207. The van der Waals surface area contributed by atoms with Gasteiger partial charge in [0.05, 0.1) is 5.69 Å². The van der Waals surface area contributed by atoms with Crippen LogP contribution >= 0.6 is 0 Å². The van der Waals surface area contributed by atoms with Gasteiger partial charge in [0, 0.05) is 33.9 Å². The Balaban J connectivity index is 1.59. The van der Waals surface area contributed by atoms with Gasteiger partial charge in [-0.25, -0.2) is 0 Å². The summed E-state index contributed by atoms with van der Waals surface area (Å²) in [4.78, 5) is 5.22. The first-order chi connectivity index (χ1) is 20.3. The van der Waals surface area contributed by atoms with Gasteiger partial charge in [-0.2, -0.15) is 0 Å². The Bertz CT molecular complexity index is 1930. The molecule has 0 unspecified atom stereocenters. The maximum atomic E-state index is 2.62. The van der Waals surface area contributed by atoms with Crippen LogP contribution in [-0.4, -0.2) is 6.71 Å². The zero-order chi connectivity index (χ0) is 28.9. The van der Waals surface area contributed by atoms with Crippen LogP contribution in [0.4, 0.5) is 34.1 Å². The predicted molar refractivity (Wildman–Crippen MR) is 181 cm³/mol. The van der Waals surface area contributed by atoms with E-state index in [2.05, 4.69) is 142 Å². The first-order valence-corrected chi connectivity index (χ1v) is 15.5. The largest absolute Gasteiger partial charge is 0.311 e. The minimum absolute atomic E-state index is 0.118. The SMILES string of the molecule is CCc1ccccc1N1c2ccc(C)cc2B2c3cc(C)ccc3N3c4ccccc4C(C)(C)c4cc(CC)c1c2c43. The number of fused-ring (bicyclic) bond motifs is 7. The molecule has 5 aromatic rings. The van der Waals surface area contributed by atoms with Crippen LogP contribution in [0.15, 0.2) is 91.0 Å². The molecule has 3 heteroatoms. The molecule has 3 aliphatic rings. The highest BCUT2D eigenvalue weighted by molar-refractivity contribution is 7.00. The second kappa shape index (κ2) is 8.88. The Morgan fingerprint density at radius 1 is 0.571 bits per heavy atom. The highest BCUT2D eigenvalue weighted by atomic mass is 15.2. The fourth-order valence-corrected chi connectivity index (χ4v) is 8.07. The normalized spacial score (nSPS) is 15.1. The molecule has 0 atom stereocenters. The molecule has 0 aromatic heterocycles. The molecule has 206 valence electrons. The van der Waals surface area contributed by atoms with E-state index in [1.165, 1.54) is 83.9 Å². The van der Waals surface area contributed by atoms with E-state index in [1.807, 2.05) is 0 Å². The lowest BCUT2D eigenvalue weighted by Crippen LogP contribution is -2.62. The second-order valence-electron chi connectivity index (χ2n) is 12.9. The number of anilines is 6. The third kappa shape index (κ3) is 3.23. The Morgan fingerprint density at radius 2 is 1.14 bits per heavy atom. The maximum absolute atomic E-state index is 2.62. The van der Waals surface area contributed by atoms with Crippen molar-refractivity contribution in [3.63, 3.8) is 0 Å². The lowest BCUT2D eigenvalue weighted by atomic mass is 9.32. The van der Waals surface area contributed by atoms with Crippen molar-refractivity contribution in [2.75, 3.05) is 9.80 Å². The summed E-state index contributed by atoms with van der Waals surface area (Å²) in [5.74, 6) is 0. The van der Waals surface area contributed by atoms with Gasteiger partial charge >= 0.3 is 0 Å². The number of para-hydroxylation sites is 2. The maximum Gasteiger partial charge on any atom is 0.252 e. The monoisotopic (exact) mass is 544 g/mol. The van der Waals surface area contributed by atoms with Gasteiger partial charge in [0.2, 0.25) is 0 Å². The lowest BCUT2D eigenvalue weighted by Gasteiger charge is -2.51. The first kappa shape index (κ1) is 25.5. The number of aryl methyl sites for hydroxylation is 4. The van der Waals surface area contributed by atoms with Gasteiger partial charge in [0.15, 0.2) is 0 Å². The van der Waals surface area contributed by atoms with E-state index in [0.29, 0.717) is 0 Å². The average Bonchev–Trinajstić information content (AvgIpc) is 3.00. The van der Waals surface area contributed by atoms with Crippen molar-refractivity contribution < 1.29 is 0 Å². The van der Waals surface area contributed by atoms with Gasteiger partial charge < -0.3 is 9.80 Å². The average molecular weight is 545 g/mol. The van der Waals surface area contributed by atoms with Crippen molar-refractivity contribution in [1.82, 2.24) is 0 Å². The van der Waals surface area contributed by atoms with E-state index in [0.717, 1.165) is 12.8 Å². The Labute approximate surface area is 250 Å². The van der Waals surface area contributed by atoms with Crippen molar-refractivity contribution in [3.8, 4) is 0 Å². The van der Waals surface area contributed by atoms with Gasteiger partial charge in [-0.3, -0.25) is 0 Å². The van der Waals surface area contributed by atoms with Crippen molar-refractivity contribution in [2.45, 2.75) is 59.8 Å². The van der Waals surface area contributed by atoms with Gasteiger partial charge in [-0.1, -0.05) is 106 Å². The molecule has 5 aromatic carbocycles. The molecule has 0 radical (unpaired) electrons. The molecule has 0 N–H and O–H groups in total. The van der Waals surface area contributed by atoms with Crippen LogP contribution in [0, 0.1) is 13.8 Å². The minimum atomic E-state index is -0.118. The summed E-state index contributed by atoms with van der Waals surface area (Å²) in [6.07, 6.45) is 1.97. The van der Waals surface area contributed by atoms with E-state index in [1.54, 1.807) is 0 Å². The molecule has 0 fully saturated rings. The fourth-order valence-electron chi connectivity index (χ4n) is 8.07. The number of nitrogens with zero attached hydrogens (tertiary/aromatic N) is 2. The highest BCUT2D eigenvalue weighted by Gasteiger charge is 2.49. The summed E-state index contributed by atoms with van der Waals surface area (Å²) >= 11 is 0. The molecule has 8 rings (SSSR count). The van der Waals surface area contributed by atoms with Crippen LogP contribution < -0.4 is 26.2 Å². The molecule has 3 heterocycles. The summed E-state index contributed by atoms with van der Waals surface area (Å²) in [5.41, 5.74) is 20.4. The smallest absolute Gasteiger partial charge is 0.252 e. The van der Waals surface area contributed by atoms with E-state index in [9.17, 15) is 0 Å². The summed E-state index contributed by atoms with van der Waals surface area (Å²) in [6, 6.07) is 34.9. The molecule has 0 bridgehead atoms. The molecule has 2 nitrogen and oxygen atoms in total. The molecule has 42 heavy (non-hydrogen) atoms. The van der Waals surface area contributed by atoms with Crippen LogP contribution in [0.1, 0.15) is 61.1 Å². The lowest BCUT2D eigenvalue weighted by molar-refractivity contribution is 0.631. The van der Waals surface area contributed by atoms with Crippen molar-refractivity contribution >= 4 is 57.2 Å². The van der Waals surface area contributed by atoms with Gasteiger partial charge in [0.25, 0.3) is 6.71 Å². The molecule has 0 saturated carbocycles.